The highest BCUT2D eigenvalue weighted by Gasteiger charge is 2.51. The van der Waals surface area contributed by atoms with E-state index in [0.717, 1.165) is 23.5 Å². The second-order valence-electron chi connectivity index (χ2n) is 17.1. The summed E-state index contributed by atoms with van der Waals surface area (Å²) in [5, 5.41) is 0. The largest absolute Gasteiger partial charge is 0.309 e. The lowest BCUT2D eigenvalue weighted by Gasteiger charge is -2.36. The highest BCUT2D eigenvalue weighted by Crippen LogP contribution is 2.64. The van der Waals surface area contributed by atoms with Gasteiger partial charge in [-0.1, -0.05) is 212 Å². The quantitative estimate of drug-likeness (QED) is 0.168. The van der Waals surface area contributed by atoms with Crippen molar-refractivity contribution in [3.8, 4) is 66.8 Å². The maximum Gasteiger partial charge on any atom is 0.0725 e. The van der Waals surface area contributed by atoms with Gasteiger partial charge in [-0.3, -0.25) is 0 Å². The fourth-order valence-electron chi connectivity index (χ4n) is 11.4. The molecule has 0 N–H and O–H groups in total. The number of para-hydroxylation sites is 2. The summed E-state index contributed by atoms with van der Waals surface area (Å²) < 4.78 is 0. The molecule has 0 radical (unpaired) electrons. The minimum atomic E-state index is -0.587. The molecule has 0 saturated heterocycles. The zero-order chi connectivity index (χ0) is 41.5. The van der Waals surface area contributed by atoms with E-state index >= 15 is 0 Å². The molecule has 3 aliphatic rings. The van der Waals surface area contributed by atoms with Crippen molar-refractivity contribution in [2.75, 3.05) is 4.90 Å². The third kappa shape index (κ3) is 5.17. The Hall–Kier alpha value is -8.00. The van der Waals surface area contributed by atoms with Crippen LogP contribution in [-0.2, 0) is 11.8 Å². The molecule has 0 bridgehead atoms. The van der Waals surface area contributed by atoms with Gasteiger partial charge in [0.05, 0.1) is 16.8 Å². The molecule has 10 aromatic carbocycles. The molecule has 0 saturated carbocycles. The second kappa shape index (κ2) is 14.0. The van der Waals surface area contributed by atoms with Crippen LogP contribution in [-0.4, -0.2) is 0 Å². The van der Waals surface area contributed by atoms with E-state index in [2.05, 4.69) is 241 Å². The fourth-order valence-corrected chi connectivity index (χ4v) is 11.4. The fraction of sp³-hybridized carbons (Fsp3) is 0.0323. The number of fused-ring (bicyclic) bond motifs is 16. The summed E-state index contributed by atoms with van der Waals surface area (Å²) in [5.74, 6) is 0. The summed E-state index contributed by atoms with van der Waals surface area (Å²) in [6.07, 6.45) is 0.959. The SMILES string of the molecule is c1ccc(-c2ccccc2N(c2ccc3c(c2)-c2ccccc2-c2ccccc2C32c3ccccc3-c3c2ccc2c3-c3ccccc3C2)c2ccccc2-c2ccccc2)cc1. The summed E-state index contributed by atoms with van der Waals surface area (Å²) in [5.41, 5.74) is 26.1. The Labute approximate surface area is 368 Å². The standard InChI is InChI=1S/C62H41N/c1-3-19-41(20-4-1)46-24-13-17-33-58(46)63(59-34-18-14-25-47(59)42-21-5-2-6-22-42)45-36-38-56-53(40-45)50-28-10-9-27-49(50)51-29-11-15-31-54(51)62(56)55-32-16-12-30-52(55)61-57(62)37-35-44-39-43-23-7-8-26-48(43)60(44)61/h1-38,40H,39H2. The van der Waals surface area contributed by atoms with Crippen molar-refractivity contribution in [1.29, 1.82) is 0 Å². The van der Waals surface area contributed by atoms with E-state index in [9.17, 15) is 0 Å². The summed E-state index contributed by atoms with van der Waals surface area (Å²) in [4.78, 5) is 2.50. The third-order valence-electron chi connectivity index (χ3n) is 13.9. The summed E-state index contributed by atoms with van der Waals surface area (Å²) in [7, 11) is 0. The molecule has 0 fully saturated rings. The van der Waals surface area contributed by atoms with Gasteiger partial charge in [0.25, 0.3) is 0 Å². The maximum atomic E-state index is 2.50. The lowest BCUT2D eigenvalue weighted by molar-refractivity contribution is 0.775. The zero-order valence-electron chi connectivity index (χ0n) is 34.7. The van der Waals surface area contributed by atoms with E-state index in [0.29, 0.717) is 0 Å². The molecular weight excluding hydrogens is 759 g/mol. The lowest BCUT2D eigenvalue weighted by Crippen LogP contribution is -2.29. The Balaban J connectivity index is 1.14. The Morgan fingerprint density at radius 2 is 0.746 bits per heavy atom. The Morgan fingerprint density at radius 3 is 1.40 bits per heavy atom. The Morgan fingerprint density at radius 1 is 0.286 bits per heavy atom. The molecule has 1 nitrogen and oxygen atoms in total. The molecule has 3 aliphatic carbocycles. The first kappa shape index (κ1) is 35.7. The number of rotatable bonds is 5. The predicted octanol–water partition coefficient (Wildman–Crippen LogP) is 16.1. The molecule has 10 aromatic rings. The number of anilines is 3. The topological polar surface area (TPSA) is 3.24 Å². The number of hydrogen-bond donors (Lipinski definition) is 0. The summed E-state index contributed by atoms with van der Waals surface area (Å²) >= 11 is 0. The van der Waals surface area contributed by atoms with Gasteiger partial charge in [-0.2, -0.15) is 0 Å². The maximum absolute atomic E-state index is 2.50. The highest BCUT2D eigenvalue weighted by molar-refractivity contribution is 6.04. The molecule has 63 heavy (non-hydrogen) atoms. The first-order chi connectivity index (χ1) is 31.3. The molecule has 13 rings (SSSR count). The minimum absolute atomic E-state index is 0.587. The van der Waals surface area contributed by atoms with Crippen molar-refractivity contribution in [2.24, 2.45) is 0 Å². The average Bonchev–Trinajstić information content (AvgIpc) is 3.85. The van der Waals surface area contributed by atoms with Crippen LogP contribution in [0.5, 0.6) is 0 Å². The molecule has 0 amide bonds. The average molecular weight is 800 g/mol. The van der Waals surface area contributed by atoms with Crippen molar-refractivity contribution in [1.82, 2.24) is 0 Å². The van der Waals surface area contributed by atoms with E-state index < -0.39 is 5.41 Å². The molecule has 0 aliphatic heterocycles. The van der Waals surface area contributed by atoms with Crippen molar-refractivity contribution in [2.45, 2.75) is 11.8 Å². The molecule has 0 heterocycles. The molecule has 294 valence electrons. The number of benzene rings is 10. The Kier molecular flexibility index (Phi) is 7.95. The van der Waals surface area contributed by atoms with E-state index in [1.807, 2.05) is 0 Å². The van der Waals surface area contributed by atoms with Gasteiger partial charge in [0.1, 0.15) is 0 Å². The van der Waals surface area contributed by atoms with Crippen LogP contribution in [0.2, 0.25) is 0 Å². The van der Waals surface area contributed by atoms with Crippen LogP contribution in [0.1, 0.15) is 33.4 Å². The molecule has 1 heteroatoms. The highest BCUT2D eigenvalue weighted by atomic mass is 15.1. The minimum Gasteiger partial charge on any atom is -0.309 e. The van der Waals surface area contributed by atoms with Crippen LogP contribution < -0.4 is 4.90 Å². The van der Waals surface area contributed by atoms with Gasteiger partial charge in [0.15, 0.2) is 0 Å². The number of hydrogen-bond acceptors (Lipinski definition) is 1. The molecule has 1 atom stereocenters. The molecule has 0 aromatic heterocycles. The van der Waals surface area contributed by atoms with Crippen LogP contribution in [0.15, 0.2) is 237 Å². The molecule has 1 spiro atoms. The van der Waals surface area contributed by atoms with Crippen LogP contribution in [0.3, 0.4) is 0 Å². The first-order valence-corrected chi connectivity index (χ1v) is 22.1. The zero-order valence-corrected chi connectivity index (χ0v) is 34.7. The molecular formula is C62H41N. The second-order valence-corrected chi connectivity index (χ2v) is 17.1. The monoisotopic (exact) mass is 799 g/mol. The summed E-state index contributed by atoms with van der Waals surface area (Å²) in [6, 6.07) is 88.2. The van der Waals surface area contributed by atoms with Crippen LogP contribution >= 0.6 is 0 Å². The van der Waals surface area contributed by atoms with E-state index in [-0.39, 0.29) is 0 Å². The number of nitrogens with zero attached hydrogens (tertiary/aromatic N) is 1. The normalized spacial score (nSPS) is 14.7. The van der Waals surface area contributed by atoms with Crippen molar-refractivity contribution in [3.63, 3.8) is 0 Å². The van der Waals surface area contributed by atoms with E-state index in [1.165, 1.54) is 100 Å². The van der Waals surface area contributed by atoms with Gasteiger partial charge in [0.2, 0.25) is 0 Å². The van der Waals surface area contributed by atoms with Gasteiger partial charge >= 0.3 is 0 Å². The molecule has 1 unspecified atom stereocenters. The van der Waals surface area contributed by atoms with Gasteiger partial charge in [-0.05, 0) is 120 Å². The van der Waals surface area contributed by atoms with Gasteiger partial charge in [0, 0.05) is 16.8 Å². The first-order valence-electron chi connectivity index (χ1n) is 22.1. The van der Waals surface area contributed by atoms with E-state index in [4.69, 9.17) is 0 Å². The van der Waals surface area contributed by atoms with Crippen LogP contribution in [0, 0.1) is 0 Å². The van der Waals surface area contributed by atoms with Crippen molar-refractivity contribution >= 4 is 17.1 Å². The summed E-state index contributed by atoms with van der Waals surface area (Å²) in [6.45, 7) is 0. The van der Waals surface area contributed by atoms with Crippen LogP contribution in [0.4, 0.5) is 17.1 Å². The van der Waals surface area contributed by atoms with Crippen molar-refractivity contribution in [3.05, 3.63) is 270 Å². The van der Waals surface area contributed by atoms with Gasteiger partial charge < -0.3 is 4.90 Å². The predicted molar refractivity (Wildman–Crippen MR) is 262 cm³/mol. The van der Waals surface area contributed by atoms with Gasteiger partial charge in [-0.15, -0.1) is 0 Å². The lowest BCUT2D eigenvalue weighted by atomic mass is 9.65. The third-order valence-corrected chi connectivity index (χ3v) is 13.9. The van der Waals surface area contributed by atoms with Crippen LogP contribution in [0.25, 0.3) is 66.8 Å². The smallest absolute Gasteiger partial charge is 0.0725 e. The Bertz CT molecular complexity index is 3350. The van der Waals surface area contributed by atoms with E-state index in [1.54, 1.807) is 0 Å². The van der Waals surface area contributed by atoms with Crippen molar-refractivity contribution < 1.29 is 0 Å². The van der Waals surface area contributed by atoms with Gasteiger partial charge in [-0.25, -0.2) is 0 Å².